The first-order chi connectivity index (χ1) is 8.27. The molecule has 1 aromatic carbocycles. The number of ether oxygens (including phenoxy) is 1. The molecule has 3 nitrogen and oxygen atoms in total. The molecule has 0 fully saturated rings. The molecule has 0 bridgehead atoms. The average molecular weight is 232 g/mol. The molecule has 17 heavy (non-hydrogen) atoms. The predicted molar refractivity (Wildman–Crippen MR) is 69.4 cm³/mol. The number of rotatable bonds is 5. The highest BCUT2D eigenvalue weighted by Gasteiger charge is 2.28. The highest BCUT2D eigenvalue weighted by Crippen LogP contribution is 2.25. The van der Waals surface area contributed by atoms with E-state index in [2.05, 4.69) is 17.9 Å². The van der Waals surface area contributed by atoms with Crippen molar-refractivity contribution in [3.8, 4) is 0 Å². The lowest BCUT2D eigenvalue weighted by atomic mass is 10.1. The van der Waals surface area contributed by atoms with Crippen molar-refractivity contribution < 1.29 is 4.74 Å². The van der Waals surface area contributed by atoms with Crippen molar-refractivity contribution >= 4 is 5.84 Å². The van der Waals surface area contributed by atoms with E-state index in [1.807, 2.05) is 18.2 Å². The molecular weight excluding hydrogens is 212 g/mol. The molecule has 1 aliphatic heterocycles. The smallest absolute Gasteiger partial charge is 0.129 e. The zero-order valence-electron chi connectivity index (χ0n) is 10.6. The van der Waals surface area contributed by atoms with Gasteiger partial charge in [-0.1, -0.05) is 37.6 Å². The Morgan fingerprint density at radius 3 is 2.82 bits per heavy atom. The van der Waals surface area contributed by atoms with E-state index in [9.17, 15) is 0 Å². The van der Waals surface area contributed by atoms with Gasteiger partial charge >= 0.3 is 0 Å². The molecule has 1 unspecified atom stereocenters. The van der Waals surface area contributed by atoms with E-state index in [-0.39, 0.29) is 0 Å². The molecule has 0 radical (unpaired) electrons. The first-order valence-corrected chi connectivity index (χ1v) is 6.20. The molecule has 0 saturated carbocycles. The molecule has 0 aliphatic carbocycles. The molecule has 1 aromatic rings. The van der Waals surface area contributed by atoms with E-state index in [1.54, 1.807) is 7.11 Å². The first kappa shape index (κ1) is 12.1. The van der Waals surface area contributed by atoms with Gasteiger partial charge in [0.15, 0.2) is 0 Å². The van der Waals surface area contributed by atoms with Crippen molar-refractivity contribution in [2.24, 2.45) is 0 Å². The largest absolute Gasteiger partial charge is 0.383 e. The topological polar surface area (TPSA) is 36.3 Å². The number of nitrogens with zero attached hydrogens (tertiary/aromatic N) is 1. The second-order valence-corrected chi connectivity index (χ2v) is 4.53. The fraction of sp³-hybridized carbons (Fsp3) is 0.500. The van der Waals surface area contributed by atoms with Crippen molar-refractivity contribution in [1.29, 1.82) is 5.41 Å². The third kappa shape index (κ3) is 2.34. The lowest BCUT2D eigenvalue weighted by Crippen LogP contribution is -2.38. The number of methoxy groups -OCH3 is 1. The SMILES string of the molecule is CCCC(COC)N1Cc2ccccc2C1=N. The van der Waals surface area contributed by atoms with Crippen LogP contribution in [-0.2, 0) is 11.3 Å². The van der Waals surface area contributed by atoms with Crippen molar-refractivity contribution in [2.45, 2.75) is 32.4 Å². The third-order valence-corrected chi connectivity index (χ3v) is 3.32. The van der Waals surface area contributed by atoms with E-state index in [4.69, 9.17) is 10.1 Å². The first-order valence-electron chi connectivity index (χ1n) is 6.20. The lowest BCUT2D eigenvalue weighted by molar-refractivity contribution is 0.121. The van der Waals surface area contributed by atoms with Crippen molar-refractivity contribution in [2.75, 3.05) is 13.7 Å². The summed E-state index contributed by atoms with van der Waals surface area (Å²) in [5.74, 6) is 0.649. The maximum atomic E-state index is 8.25. The van der Waals surface area contributed by atoms with Crippen molar-refractivity contribution in [1.82, 2.24) is 4.90 Å². The minimum atomic E-state index is 0.324. The van der Waals surface area contributed by atoms with Crippen LogP contribution < -0.4 is 0 Å². The van der Waals surface area contributed by atoms with Gasteiger partial charge in [-0.05, 0) is 12.0 Å². The zero-order valence-corrected chi connectivity index (χ0v) is 10.6. The maximum Gasteiger partial charge on any atom is 0.129 e. The molecule has 1 heterocycles. The molecular formula is C14H20N2O. The average Bonchev–Trinajstić information content (AvgIpc) is 2.67. The van der Waals surface area contributed by atoms with Crippen LogP contribution in [0.3, 0.4) is 0 Å². The summed E-state index contributed by atoms with van der Waals surface area (Å²) in [4.78, 5) is 2.16. The highest BCUT2D eigenvalue weighted by molar-refractivity contribution is 6.00. The Labute approximate surface area is 103 Å². The minimum Gasteiger partial charge on any atom is -0.383 e. The third-order valence-electron chi connectivity index (χ3n) is 3.32. The maximum absolute atomic E-state index is 8.25. The van der Waals surface area contributed by atoms with Gasteiger partial charge in [0, 0.05) is 19.2 Å². The van der Waals surface area contributed by atoms with Crippen LogP contribution in [0.1, 0.15) is 30.9 Å². The molecule has 1 N–H and O–H groups in total. The zero-order chi connectivity index (χ0) is 12.3. The Balaban J connectivity index is 2.17. The molecule has 3 heteroatoms. The molecule has 2 rings (SSSR count). The second kappa shape index (κ2) is 5.32. The second-order valence-electron chi connectivity index (χ2n) is 4.53. The number of benzene rings is 1. The summed E-state index contributed by atoms with van der Waals surface area (Å²) < 4.78 is 5.28. The summed E-state index contributed by atoms with van der Waals surface area (Å²) in [6.45, 7) is 3.72. The van der Waals surface area contributed by atoms with Crippen LogP contribution in [0.4, 0.5) is 0 Å². The van der Waals surface area contributed by atoms with Gasteiger partial charge in [-0.2, -0.15) is 0 Å². The minimum absolute atomic E-state index is 0.324. The van der Waals surface area contributed by atoms with Gasteiger partial charge in [0.25, 0.3) is 0 Å². The van der Waals surface area contributed by atoms with Crippen LogP contribution in [0, 0.1) is 5.41 Å². The van der Waals surface area contributed by atoms with E-state index in [1.165, 1.54) is 5.56 Å². The van der Waals surface area contributed by atoms with Crippen molar-refractivity contribution in [3.05, 3.63) is 35.4 Å². The summed E-state index contributed by atoms with van der Waals surface area (Å²) >= 11 is 0. The van der Waals surface area contributed by atoms with Crippen LogP contribution in [0.2, 0.25) is 0 Å². The predicted octanol–water partition coefficient (Wildman–Crippen LogP) is 2.64. The molecule has 92 valence electrons. The standard InChI is InChI=1S/C14H20N2O/c1-3-6-12(10-17-2)16-9-11-7-4-5-8-13(11)14(16)15/h4-5,7-8,12,15H,3,6,9-10H2,1-2H3. The summed E-state index contributed by atoms with van der Waals surface area (Å²) in [5.41, 5.74) is 2.33. The van der Waals surface area contributed by atoms with E-state index < -0.39 is 0 Å². The number of fused-ring (bicyclic) bond motifs is 1. The molecule has 0 saturated heterocycles. The van der Waals surface area contributed by atoms with E-state index in [0.717, 1.165) is 24.9 Å². The highest BCUT2D eigenvalue weighted by atomic mass is 16.5. The van der Waals surface area contributed by atoms with Crippen LogP contribution in [0.5, 0.6) is 0 Å². The fourth-order valence-corrected chi connectivity index (χ4v) is 2.47. The van der Waals surface area contributed by atoms with Gasteiger partial charge in [0.1, 0.15) is 5.84 Å². The normalized spacial score (nSPS) is 16.1. The van der Waals surface area contributed by atoms with Gasteiger partial charge in [-0.3, -0.25) is 5.41 Å². The van der Waals surface area contributed by atoms with Crippen LogP contribution in [0.15, 0.2) is 24.3 Å². The Hall–Kier alpha value is -1.35. The monoisotopic (exact) mass is 232 g/mol. The van der Waals surface area contributed by atoms with Crippen LogP contribution in [0.25, 0.3) is 0 Å². The molecule has 1 aliphatic rings. The quantitative estimate of drug-likeness (QED) is 0.847. The Morgan fingerprint density at radius 1 is 1.41 bits per heavy atom. The van der Waals surface area contributed by atoms with Gasteiger partial charge in [-0.25, -0.2) is 0 Å². The Kier molecular flexibility index (Phi) is 3.79. The Bertz CT molecular complexity index is 397. The van der Waals surface area contributed by atoms with E-state index >= 15 is 0 Å². The van der Waals surface area contributed by atoms with Gasteiger partial charge in [0.05, 0.1) is 12.6 Å². The van der Waals surface area contributed by atoms with Gasteiger partial charge in [0.2, 0.25) is 0 Å². The summed E-state index contributed by atoms with van der Waals surface area (Å²) in [6.07, 6.45) is 2.19. The van der Waals surface area contributed by atoms with Gasteiger partial charge < -0.3 is 9.64 Å². The number of amidine groups is 1. The van der Waals surface area contributed by atoms with Crippen molar-refractivity contribution in [3.63, 3.8) is 0 Å². The Morgan fingerprint density at radius 2 is 2.18 bits per heavy atom. The number of hydrogen-bond donors (Lipinski definition) is 1. The summed E-state index contributed by atoms with van der Waals surface area (Å²) in [5, 5.41) is 8.25. The molecule has 0 amide bonds. The van der Waals surface area contributed by atoms with Gasteiger partial charge in [-0.15, -0.1) is 0 Å². The number of nitrogens with one attached hydrogen (secondary N) is 1. The molecule has 0 spiro atoms. The van der Waals surface area contributed by atoms with Crippen LogP contribution >= 0.6 is 0 Å². The fourth-order valence-electron chi connectivity index (χ4n) is 2.47. The molecule has 1 atom stereocenters. The molecule has 0 aromatic heterocycles. The lowest BCUT2D eigenvalue weighted by Gasteiger charge is -2.28. The summed E-state index contributed by atoms with van der Waals surface area (Å²) in [7, 11) is 1.73. The number of hydrogen-bond acceptors (Lipinski definition) is 2. The van der Waals surface area contributed by atoms with E-state index in [0.29, 0.717) is 18.5 Å². The van der Waals surface area contributed by atoms with Crippen LogP contribution in [-0.4, -0.2) is 30.5 Å². The summed E-state index contributed by atoms with van der Waals surface area (Å²) in [6, 6.07) is 8.51.